The number of anilines is 1. The van der Waals surface area contributed by atoms with Gasteiger partial charge in [-0.1, -0.05) is 38.1 Å². The monoisotopic (exact) mass is 553 g/mol. The Morgan fingerprint density at radius 3 is 2.41 bits per heavy atom. The third-order valence-corrected chi connectivity index (χ3v) is 7.02. The molecule has 1 atom stereocenters. The van der Waals surface area contributed by atoms with Crippen molar-refractivity contribution in [3.8, 4) is 5.75 Å². The van der Waals surface area contributed by atoms with Crippen LogP contribution in [0.15, 0.2) is 53.0 Å². The molecule has 2 amide bonds. The lowest BCUT2D eigenvalue weighted by Crippen LogP contribution is -2.52. The predicted octanol–water partition coefficient (Wildman–Crippen LogP) is 3.56. The van der Waals surface area contributed by atoms with Gasteiger partial charge in [0.15, 0.2) is 0 Å². The maximum Gasteiger partial charge on any atom is 0.244 e. The van der Waals surface area contributed by atoms with Crippen LogP contribution in [0.4, 0.5) is 5.69 Å². The summed E-state index contributed by atoms with van der Waals surface area (Å²) in [4.78, 5) is 28.0. The molecule has 0 saturated heterocycles. The smallest absolute Gasteiger partial charge is 0.244 e. The van der Waals surface area contributed by atoms with Gasteiger partial charge in [0.1, 0.15) is 18.3 Å². The number of methoxy groups -OCH3 is 1. The lowest BCUT2D eigenvalue weighted by atomic mass is 10.1. The summed E-state index contributed by atoms with van der Waals surface area (Å²) in [6, 6.07) is 13.2. The number of benzene rings is 2. The van der Waals surface area contributed by atoms with Gasteiger partial charge in [-0.05, 0) is 58.6 Å². The van der Waals surface area contributed by atoms with Crippen molar-refractivity contribution in [3.63, 3.8) is 0 Å². The first kappa shape index (κ1) is 27.7. The van der Waals surface area contributed by atoms with Gasteiger partial charge in [-0.25, -0.2) is 8.42 Å². The van der Waals surface area contributed by atoms with Crippen molar-refractivity contribution in [3.05, 3.63) is 58.6 Å². The third kappa shape index (κ3) is 7.46. The maximum atomic E-state index is 13.6. The van der Waals surface area contributed by atoms with Crippen LogP contribution in [0.5, 0.6) is 5.75 Å². The number of rotatable bonds is 12. The predicted molar refractivity (Wildman–Crippen MR) is 137 cm³/mol. The highest BCUT2D eigenvalue weighted by Crippen LogP contribution is 2.28. The summed E-state index contributed by atoms with van der Waals surface area (Å²) < 4.78 is 32.2. The normalized spacial score (nSPS) is 12.0. The molecule has 0 heterocycles. The molecule has 2 aromatic rings. The Bertz CT molecular complexity index is 1090. The molecule has 0 aliphatic rings. The van der Waals surface area contributed by atoms with Crippen LogP contribution in [0.2, 0.25) is 0 Å². The first-order chi connectivity index (χ1) is 16.1. The van der Waals surface area contributed by atoms with Crippen LogP contribution in [0.3, 0.4) is 0 Å². The second-order valence-corrected chi connectivity index (χ2v) is 10.6. The Hall–Kier alpha value is -2.59. The molecule has 0 saturated carbocycles. The van der Waals surface area contributed by atoms with Crippen LogP contribution < -0.4 is 14.4 Å². The standard InChI is InChI=1S/C24H32BrN3O5S/c1-5-14-26-24(30)21(6-2)27(16-18-10-9-11-19(15-18)33-3)23(29)17-28(34(4,31)32)22-13-8-7-12-20(22)25/h7-13,15,21H,5-6,14,16-17H2,1-4H3,(H,26,30)/t21-/m1/s1. The zero-order valence-electron chi connectivity index (χ0n) is 20.0. The molecule has 0 aliphatic heterocycles. The number of hydrogen-bond donors (Lipinski definition) is 1. The summed E-state index contributed by atoms with van der Waals surface area (Å²) in [5.74, 6) is -0.130. The number of carbonyl (C=O) groups is 2. The minimum atomic E-state index is -3.78. The zero-order valence-corrected chi connectivity index (χ0v) is 22.4. The first-order valence-electron chi connectivity index (χ1n) is 11.0. The van der Waals surface area contributed by atoms with Crippen LogP contribution in [0.1, 0.15) is 32.3 Å². The summed E-state index contributed by atoms with van der Waals surface area (Å²) in [5.41, 5.74) is 1.12. The van der Waals surface area contributed by atoms with Gasteiger partial charge >= 0.3 is 0 Å². The lowest BCUT2D eigenvalue weighted by Gasteiger charge is -2.33. The average molecular weight is 555 g/mol. The van der Waals surface area contributed by atoms with E-state index in [-0.39, 0.29) is 12.5 Å². The molecule has 0 bridgehead atoms. The van der Waals surface area contributed by atoms with E-state index in [1.165, 1.54) is 4.90 Å². The number of nitrogens with zero attached hydrogens (tertiary/aromatic N) is 2. The third-order valence-electron chi connectivity index (χ3n) is 5.22. The van der Waals surface area contributed by atoms with Gasteiger partial charge in [0.05, 0.1) is 19.1 Å². The number of para-hydroxylation sites is 1. The zero-order chi connectivity index (χ0) is 25.3. The summed E-state index contributed by atoms with van der Waals surface area (Å²) >= 11 is 3.37. The fourth-order valence-corrected chi connectivity index (χ4v) is 4.98. The van der Waals surface area contributed by atoms with E-state index in [1.807, 2.05) is 19.9 Å². The number of nitrogens with one attached hydrogen (secondary N) is 1. The van der Waals surface area contributed by atoms with Gasteiger partial charge < -0.3 is 15.0 Å². The van der Waals surface area contributed by atoms with E-state index in [1.54, 1.807) is 49.6 Å². The Morgan fingerprint density at radius 1 is 1.12 bits per heavy atom. The fraction of sp³-hybridized carbons (Fsp3) is 0.417. The Labute approximate surface area is 210 Å². The van der Waals surface area contributed by atoms with Crippen LogP contribution in [0.25, 0.3) is 0 Å². The van der Waals surface area contributed by atoms with Crippen LogP contribution in [-0.2, 0) is 26.2 Å². The molecular formula is C24H32BrN3O5S. The van der Waals surface area contributed by atoms with Crippen molar-refractivity contribution in [1.29, 1.82) is 0 Å². The molecule has 0 fully saturated rings. The first-order valence-corrected chi connectivity index (χ1v) is 13.7. The number of hydrogen-bond acceptors (Lipinski definition) is 5. The Morgan fingerprint density at radius 2 is 1.82 bits per heavy atom. The van der Waals surface area contributed by atoms with E-state index in [2.05, 4.69) is 21.2 Å². The molecule has 186 valence electrons. The largest absolute Gasteiger partial charge is 0.497 e. The van der Waals surface area contributed by atoms with Crippen molar-refractivity contribution < 1.29 is 22.7 Å². The molecule has 0 spiro atoms. The van der Waals surface area contributed by atoms with E-state index in [4.69, 9.17) is 4.74 Å². The molecule has 0 radical (unpaired) electrons. The second-order valence-electron chi connectivity index (χ2n) is 7.81. The number of halogens is 1. The van der Waals surface area contributed by atoms with Crippen molar-refractivity contribution in [1.82, 2.24) is 10.2 Å². The van der Waals surface area contributed by atoms with Gasteiger partial charge in [-0.2, -0.15) is 0 Å². The van der Waals surface area contributed by atoms with Crippen molar-refractivity contribution >= 4 is 43.5 Å². The van der Waals surface area contributed by atoms with Gasteiger partial charge in [-0.15, -0.1) is 0 Å². The highest BCUT2D eigenvalue weighted by molar-refractivity contribution is 9.10. The average Bonchev–Trinajstić information content (AvgIpc) is 2.80. The molecule has 1 N–H and O–H groups in total. The SMILES string of the molecule is CCCNC(=O)[C@@H](CC)N(Cc1cccc(OC)c1)C(=O)CN(c1ccccc1Br)S(C)(=O)=O. The highest BCUT2D eigenvalue weighted by atomic mass is 79.9. The molecular weight excluding hydrogens is 522 g/mol. The van der Waals surface area contributed by atoms with Gasteiger partial charge in [0, 0.05) is 17.6 Å². The van der Waals surface area contributed by atoms with E-state index < -0.39 is 28.5 Å². The molecule has 0 aromatic heterocycles. The lowest BCUT2D eigenvalue weighted by molar-refractivity contribution is -0.140. The fourth-order valence-electron chi connectivity index (χ4n) is 3.50. The molecule has 2 rings (SSSR count). The summed E-state index contributed by atoms with van der Waals surface area (Å²) in [6.45, 7) is 3.94. The maximum absolute atomic E-state index is 13.6. The molecule has 8 nitrogen and oxygen atoms in total. The van der Waals surface area contributed by atoms with Gasteiger partial charge in [0.25, 0.3) is 0 Å². The highest BCUT2D eigenvalue weighted by Gasteiger charge is 2.32. The van der Waals surface area contributed by atoms with E-state index in [0.29, 0.717) is 28.9 Å². The van der Waals surface area contributed by atoms with E-state index in [0.717, 1.165) is 22.5 Å². The van der Waals surface area contributed by atoms with Gasteiger partial charge in [-0.3, -0.25) is 13.9 Å². The van der Waals surface area contributed by atoms with Gasteiger partial charge in [0.2, 0.25) is 21.8 Å². The topological polar surface area (TPSA) is 96.0 Å². The van der Waals surface area contributed by atoms with Crippen LogP contribution >= 0.6 is 15.9 Å². The van der Waals surface area contributed by atoms with Crippen molar-refractivity contribution in [2.45, 2.75) is 39.3 Å². The Balaban J connectivity index is 2.45. The minimum Gasteiger partial charge on any atom is -0.497 e. The van der Waals surface area contributed by atoms with Crippen LogP contribution in [0, 0.1) is 0 Å². The number of sulfonamides is 1. The number of amides is 2. The van der Waals surface area contributed by atoms with Crippen molar-refractivity contribution in [2.75, 3.05) is 30.8 Å². The molecule has 0 unspecified atom stereocenters. The molecule has 2 aromatic carbocycles. The number of carbonyl (C=O) groups excluding carboxylic acids is 2. The second kappa shape index (κ2) is 12.8. The molecule has 34 heavy (non-hydrogen) atoms. The number of ether oxygens (including phenoxy) is 1. The van der Waals surface area contributed by atoms with Crippen LogP contribution in [-0.4, -0.2) is 57.6 Å². The Kier molecular flexibility index (Phi) is 10.4. The summed E-state index contributed by atoms with van der Waals surface area (Å²) in [7, 11) is -2.23. The van der Waals surface area contributed by atoms with Crippen molar-refractivity contribution in [2.24, 2.45) is 0 Å². The molecule has 0 aliphatic carbocycles. The minimum absolute atomic E-state index is 0.127. The summed E-state index contributed by atoms with van der Waals surface area (Å²) in [6.07, 6.45) is 2.19. The van der Waals surface area contributed by atoms with E-state index >= 15 is 0 Å². The quantitative estimate of drug-likeness (QED) is 0.433. The van der Waals surface area contributed by atoms with E-state index in [9.17, 15) is 18.0 Å². The summed E-state index contributed by atoms with van der Waals surface area (Å²) in [5, 5.41) is 2.85. The molecule has 10 heteroatoms.